The molecule has 0 spiro atoms. The van der Waals surface area contributed by atoms with Crippen LogP contribution < -0.4 is 10.6 Å². The summed E-state index contributed by atoms with van der Waals surface area (Å²) < 4.78 is 26.6. The molecule has 0 radical (unpaired) electrons. The number of hydrogen-bond donors (Lipinski definition) is 2. The molecule has 2 N–H and O–H groups in total. The fourth-order valence-corrected chi connectivity index (χ4v) is 1.79. The Morgan fingerprint density at radius 3 is 2.30 bits per heavy atom. The Morgan fingerprint density at radius 2 is 1.65 bits per heavy atom. The number of nitrogens with one attached hydrogen (secondary N) is 2. The molecular weight excluding hydrogens is 330 g/mol. The first-order chi connectivity index (χ1) is 9.54. The minimum Gasteiger partial charge on any atom is -0.376 e. The van der Waals surface area contributed by atoms with E-state index in [1.54, 1.807) is 24.3 Å². The zero-order chi connectivity index (χ0) is 14.5. The summed E-state index contributed by atoms with van der Waals surface area (Å²) in [5.41, 5.74) is 1.00. The third-order valence-electron chi connectivity index (χ3n) is 2.50. The molecule has 0 aliphatic heterocycles. The first-order valence-corrected chi connectivity index (χ1v) is 6.58. The minimum atomic E-state index is -0.955. The summed E-state index contributed by atoms with van der Waals surface area (Å²) in [6.07, 6.45) is 0. The summed E-state index contributed by atoms with van der Waals surface area (Å²) >= 11 is 3.29. The first kappa shape index (κ1) is 14.5. The van der Waals surface area contributed by atoms with Crippen molar-refractivity contribution in [2.75, 3.05) is 17.2 Å². The monoisotopic (exact) mass is 340 g/mol. The molecule has 2 rings (SSSR count). The van der Waals surface area contributed by atoms with Crippen molar-refractivity contribution in [3.05, 3.63) is 58.6 Å². The van der Waals surface area contributed by atoms with Gasteiger partial charge in [0.05, 0.1) is 6.54 Å². The molecule has 0 fully saturated rings. The lowest BCUT2D eigenvalue weighted by atomic mass is 10.3. The predicted molar refractivity (Wildman–Crippen MR) is 77.6 cm³/mol. The van der Waals surface area contributed by atoms with Gasteiger partial charge in [-0.25, -0.2) is 8.78 Å². The summed E-state index contributed by atoms with van der Waals surface area (Å²) in [7, 11) is 0. The van der Waals surface area contributed by atoms with Gasteiger partial charge in [0, 0.05) is 21.9 Å². The molecule has 0 aliphatic rings. The summed E-state index contributed by atoms with van der Waals surface area (Å²) in [5.74, 6) is -2.16. The average molecular weight is 341 g/mol. The molecule has 0 heterocycles. The zero-order valence-electron chi connectivity index (χ0n) is 10.3. The minimum absolute atomic E-state index is 0.0405. The fraction of sp³-hybridized carbons (Fsp3) is 0.0714. The van der Waals surface area contributed by atoms with Crippen molar-refractivity contribution in [3.63, 3.8) is 0 Å². The largest absolute Gasteiger partial charge is 0.376 e. The maximum Gasteiger partial charge on any atom is 0.243 e. The van der Waals surface area contributed by atoms with E-state index in [1.165, 1.54) is 6.07 Å². The molecule has 20 heavy (non-hydrogen) atoms. The van der Waals surface area contributed by atoms with Gasteiger partial charge in [0.25, 0.3) is 0 Å². The average Bonchev–Trinajstić information content (AvgIpc) is 2.43. The summed E-state index contributed by atoms with van der Waals surface area (Å²) in [6, 6.07) is 10.5. The molecule has 0 aliphatic carbocycles. The van der Waals surface area contributed by atoms with Crippen LogP contribution in [-0.2, 0) is 4.79 Å². The van der Waals surface area contributed by atoms with Crippen LogP contribution in [0.1, 0.15) is 0 Å². The van der Waals surface area contributed by atoms with Crippen LogP contribution in [0.3, 0.4) is 0 Å². The lowest BCUT2D eigenvalue weighted by molar-refractivity contribution is -0.114. The van der Waals surface area contributed by atoms with Crippen LogP contribution in [0.2, 0.25) is 0 Å². The molecule has 6 heteroatoms. The van der Waals surface area contributed by atoms with Gasteiger partial charge >= 0.3 is 0 Å². The van der Waals surface area contributed by atoms with Gasteiger partial charge in [-0.15, -0.1) is 0 Å². The predicted octanol–water partition coefficient (Wildman–Crippen LogP) is 3.78. The lowest BCUT2D eigenvalue weighted by Gasteiger charge is -2.08. The number of rotatable bonds is 4. The van der Waals surface area contributed by atoms with Crippen molar-refractivity contribution in [1.29, 1.82) is 0 Å². The third kappa shape index (κ3) is 4.03. The van der Waals surface area contributed by atoms with Gasteiger partial charge in [0.1, 0.15) is 0 Å². The van der Waals surface area contributed by atoms with E-state index in [2.05, 4.69) is 26.6 Å². The molecule has 0 saturated heterocycles. The number of hydrogen-bond acceptors (Lipinski definition) is 2. The molecule has 0 bridgehead atoms. The number of amides is 1. The first-order valence-electron chi connectivity index (χ1n) is 5.79. The Morgan fingerprint density at radius 1 is 1.00 bits per heavy atom. The molecule has 2 aromatic carbocycles. The highest BCUT2D eigenvalue weighted by Crippen LogP contribution is 2.15. The number of benzene rings is 2. The van der Waals surface area contributed by atoms with E-state index in [4.69, 9.17) is 0 Å². The number of carbonyl (C=O) groups is 1. The van der Waals surface area contributed by atoms with Crippen LogP contribution in [0.25, 0.3) is 0 Å². The van der Waals surface area contributed by atoms with Crippen molar-refractivity contribution in [3.8, 4) is 0 Å². The number of anilines is 2. The summed E-state index contributed by atoms with van der Waals surface area (Å²) in [4.78, 5) is 11.7. The van der Waals surface area contributed by atoms with Gasteiger partial charge in [0.15, 0.2) is 11.6 Å². The molecule has 0 unspecified atom stereocenters. The molecule has 2 aromatic rings. The Bertz CT molecular complexity index is 617. The second kappa shape index (κ2) is 6.47. The lowest BCUT2D eigenvalue weighted by Crippen LogP contribution is -2.21. The van der Waals surface area contributed by atoms with Crippen molar-refractivity contribution in [2.45, 2.75) is 0 Å². The highest BCUT2D eigenvalue weighted by molar-refractivity contribution is 9.10. The van der Waals surface area contributed by atoms with Crippen LogP contribution >= 0.6 is 15.9 Å². The van der Waals surface area contributed by atoms with Gasteiger partial charge in [0.2, 0.25) is 5.91 Å². The van der Waals surface area contributed by atoms with E-state index in [-0.39, 0.29) is 12.5 Å². The molecule has 0 atom stereocenters. The molecular formula is C14H11BrF2N2O. The van der Waals surface area contributed by atoms with E-state index in [9.17, 15) is 13.6 Å². The second-order valence-electron chi connectivity index (χ2n) is 4.04. The summed E-state index contributed by atoms with van der Waals surface area (Å²) in [5, 5.41) is 5.39. The van der Waals surface area contributed by atoms with Crippen LogP contribution in [0.4, 0.5) is 20.2 Å². The molecule has 1 amide bonds. The van der Waals surface area contributed by atoms with Crippen LogP contribution in [0.5, 0.6) is 0 Å². The Balaban J connectivity index is 1.88. The standard InChI is InChI=1S/C14H11BrF2N2O/c15-9-1-3-10(4-2-9)19-14(20)8-18-11-5-6-12(16)13(17)7-11/h1-7,18H,8H2,(H,19,20). The smallest absolute Gasteiger partial charge is 0.243 e. The van der Waals surface area contributed by atoms with Crippen molar-refractivity contribution in [2.24, 2.45) is 0 Å². The van der Waals surface area contributed by atoms with Gasteiger partial charge in [-0.05, 0) is 36.4 Å². The summed E-state index contributed by atoms with van der Waals surface area (Å²) in [6.45, 7) is -0.0405. The topological polar surface area (TPSA) is 41.1 Å². The van der Waals surface area contributed by atoms with Gasteiger partial charge in [-0.3, -0.25) is 4.79 Å². The van der Waals surface area contributed by atoms with E-state index in [0.29, 0.717) is 11.4 Å². The van der Waals surface area contributed by atoms with Gasteiger partial charge in [-0.2, -0.15) is 0 Å². The van der Waals surface area contributed by atoms with E-state index in [0.717, 1.165) is 16.6 Å². The third-order valence-corrected chi connectivity index (χ3v) is 3.03. The highest BCUT2D eigenvalue weighted by Gasteiger charge is 2.05. The normalized spacial score (nSPS) is 10.2. The molecule has 0 aromatic heterocycles. The molecule has 0 saturated carbocycles. The fourth-order valence-electron chi connectivity index (χ4n) is 1.53. The van der Waals surface area contributed by atoms with Crippen LogP contribution in [0.15, 0.2) is 46.9 Å². The van der Waals surface area contributed by atoms with E-state index in [1.807, 2.05) is 0 Å². The molecule has 3 nitrogen and oxygen atoms in total. The van der Waals surface area contributed by atoms with Crippen molar-refractivity contribution in [1.82, 2.24) is 0 Å². The van der Waals surface area contributed by atoms with E-state index >= 15 is 0 Å². The zero-order valence-corrected chi connectivity index (χ0v) is 11.9. The Labute approximate surface area is 123 Å². The Hall–Kier alpha value is -1.95. The van der Waals surface area contributed by atoms with Crippen molar-refractivity contribution < 1.29 is 13.6 Å². The number of halogens is 3. The van der Waals surface area contributed by atoms with Gasteiger partial charge in [-0.1, -0.05) is 15.9 Å². The quantitative estimate of drug-likeness (QED) is 0.889. The second-order valence-corrected chi connectivity index (χ2v) is 4.95. The van der Waals surface area contributed by atoms with Crippen LogP contribution in [0, 0.1) is 11.6 Å². The SMILES string of the molecule is O=C(CNc1ccc(F)c(F)c1)Nc1ccc(Br)cc1. The molecule has 104 valence electrons. The van der Waals surface area contributed by atoms with Gasteiger partial charge < -0.3 is 10.6 Å². The van der Waals surface area contributed by atoms with E-state index < -0.39 is 11.6 Å². The Kier molecular flexibility index (Phi) is 4.68. The van der Waals surface area contributed by atoms with Crippen molar-refractivity contribution >= 4 is 33.2 Å². The maximum absolute atomic E-state index is 13.0. The number of carbonyl (C=O) groups excluding carboxylic acids is 1. The van der Waals surface area contributed by atoms with Crippen LogP contribution in [-0.4, -0.2) is 12.5 Å². The maximum atomic E-state index is 13.0. The highest BCUT2D eigenvalue weighted by atomic mass is 79.9.